The third kappa shape index (κ3) is 6.78. The van der Waals surface area contributed by atoms with Gasteiger partial charge < -0.3 is 20.1 Å². The first-order valence-corrected chi connectivity index (χ1v) is 12.6. The van der Waals surface area contributed by atoms with Gasteiger partial charge in [-0.3, -0.25) is 14.6 Å². The Kier molecular flexibility index (Phi) is 9.75. The first kappa shape index (κ1) is 27.5. The van der Waals surface area contributed by atoms with Crippen molar-refractivity contribution in [2.45, 2.75) is 58.6 Å². The van der Waals surface area contributed by atoms with Crippen LogP contribution in [0.3, 0.4) is 0 Å². The van der Waals surface area contributed by atoms with E-state index in [0.717, 1.165) is 18.9 Å². The zero-order valence-electron chi connectivity index (χ0n) is 21.0. The van der Waals surface area contributed by atoms with Crippen molar-refractivity contribution in [3.8, 4) is 5.75 Å². The summed E-state index contributed by atoms with van der Waals surface area (Å²) in [7, 11) is 0. The minimum absolute atomic E-state index is 0.0403. The maximum Gasteiger partial charge on any atom is 0.226 e. The average Bonchev–Trinajstić information content (AvgIpc) is 3.16. The highest BCUT2D eigenvalue weighted by Gasteiger charge is 2.43. The molecule has 9 heteroatoms. The topological polar surface area (TPSA) is 91.8 Å². The van der Waals surface area contributed by atoms with Crippen LogP contribution in [-0.2, 0) is 16.0 Å². The number of aromatic nitrogens is 1. The Morgan fingerprint density at radius 1 is 1.22 bits per heavy atom. The number of rotatable bonds is 12. The SMILES string of the molecule is CCCCN1CC(C(=O)N[C@@H](Cc2cc(F)cc(F)c2)[C@H](O)c2cc(OCC)ccn2)[C@@H](CC)C1=O. The van der Waals surface area contributed by atoms with Gasteiger partial charge in [-0.25, -0.2) is 8.78 Å². The van der Waals surface area contributed by atoms with Crippen LogP contribution in [0.4, 0.5) is 8.78 Å². The van der Waals surface area contributed by atoms with Crippen LogP contribution in [0, 0.1) is 23.5 Å². The number of hydrogen-bond acceptors (Lipinski definition) is 5. The Balaban J connectivity index is 1.86. The van der Waals surface area contributed by atoms with Crippen molar-refractivity contribution in [2.24, 2.45) is 11.8 Å². The van der Waals surface area contributed by atoms with E-state index < -0.39 is 35.6 Å². The third-order valence-electron chi connectivity index (χ3n) is 6.54. The van der Waals surface area contributed by atoms with Crippen molar-refractivity contribution in [1.29, 1.82) is 0 Å². The number of carbonyl (C=O) groups is 2. The number of aliphatic hydroxyl groups excluding tert-OH is 1. The molecule has 0 aliphatic carbocycles. The molecule has 0 saturated carbocycles. The number of ether oxygens (including phenoxy) is 1. The van der Waals surface area contributed by atoms with Gasteiger partial charge in [0, 0.05) is 31.4 Å². The van der Waals surface area contributed by atoms with Crippen LogP contribution in [0.2, 0.25) is 0 Å². The minimum atomic E-state index is -1.28. The van der Waals surface area contributed by atoms with E-state index in [1.54, 1.807) is 17.0 Å². The Morgan fingerprint density at radius 3 is 2.58 bits per heavy atom. The van der Waals surface area contributed by atoms with Crippen LogP contribution < -0.4 is 10.1 Å². The summed E-state index contributed by atoms with van der Waals surface area (Å²) in [6.45, 7) is 7.06. The molecule has 1 fully saturated rings. The zero-order valence-corrected chi connectivity index (χ0v) is 21.0. The summed E-state index contributed by atoms with van der Waals surface area (Å²) in [6.07, 6.45) is 2.46. The van der Waals surface area contributed by atoms with E-state index in [-0.39, 0.29) is 29.5 Å². The number of unbranched alkanes of at least 4 members (excludes halogenated alkanes) is 1. The van der Waals surface area contributed by atoms with Gasteiger partial charge in [0.1, 0.15) is 23.5 Å². The molecule has 4 atom stereocenters. The number of amides is 2. The predicted octanol–water partition coefficient (Wildman–Crippen LogP) is 3.80. The highest BCUT2D eigenvalue weighted by atomic mass is 19.1. The van der Waals surface area contributed by atoms with Gasteiger partial charge in [-0.2, -0.15) is 0 Å². The lowest BCUT2D eigenvalue weighted by molar-refractivity contribution is -0.133. The molecule has 2 aromatic rings. The molecule has 2 N–H and O–H groups in total. The van der Waals surface area contributed by atoms with Crippen molar-refractivity contribution >= 4 is 11.8 Å². The number of pyridine rings is 1. The van der Waals surface area contributed by atoms with Gasteiger partial charge in [-0.05, 0) is 49.9 Å². The van der Waals surface area contributed by atoms with Crippen LogP contribution in [0.5, 0.6) is 5.75 Å². The summed E-state index contributed by atoms with van der Waals surface area (Å²) in [6, 6.07) is 5.37. The van der Waals surface area contributed by atoms with Crippen molar-refractivity contribution in [2.75, 3.05) is 19.7 Å². The number of nitrogens with one attached hydrogen (secondary N) is 1. The standard InChI is InChI=1S/C27H35F2N3O4/c1-4-7-10-32-16-22(21(5-2)27(32)35)26(34)31-24(13-17-11-18(28)14-19(29)12-17)25(33)23-15-20(36-6-3)8-9-30-23/h8-9,11-12,14-15,21-22,24-25,33H,4-7,10,13,16H2,1-3H3,(H,31,34)/t21-,22?,24+,25-/m1/s1. The normalized spacial score (nSPS) is 19.3. The lowest BCUT2D eigenvalue weighted by Crippen LogP contribution is -2.45. The highest BCUT2D eigenvalue weighted by Crippen LogP contribution is 2.29. The fourth-order valence-electron chi connectivity index (χ4n) is 4.70. The average molecular weight is 504 g/mol. The van der Waals surface area contributed by atoms with Gasteiger partial charge in [0.2, 0.25) is 11.8 Å². The van der Waals surface area contributed by atoms with E-state index in [1.807, 2.05) is 20.8 Å². The fourth-order valence-corrected chi connectivity index (χ4v) is 4.70. The second-order valence-electron chi connectivity index (χ2n) is 9.15. The molecule has 2 heterocycles. The molecule has 1 unspecified atom stereocenters. The van der Waals surface area contributed by atoms with Gasteiger partial charge in [0.25, 0.3) is 0 Å². The molecule has 2 amide bonds. The molecule has 0 radical (unpaired) electrons. The van der Waals surface area contributed by atoms with E-state index in [4.69, 9.17) is 4.74 Å². The molecule has 36 heavy (non-hydrogen) atoms. The van der Waals surface area contributed by atoms with E-state index in [0.29, 0.717) is 31.9 Å². The summed E-state index contributed by atoms with van der Waals surface area (Å²) in [5, 5.41) is 14.1. The van der Waals surface area contributed by atoms with Crippen LogP contribution in [0.25, 0.3) is 0 Å². The van der Waals surface area contributed by atoms with E-state index in [2.05, 4.69) is 10.3 Å². The van der Waals surface area contributed by atoms with Gasteiger partial charge in [0.15, 0.2) is 0 Å². The molecule has 7 nitrogen and oxygen atoms in total. The molecule has 0 bridgehead atoms. The van der Waals surface area contributed by atoms with Gasteiger partial charge in [-0.1, -0.05) is 20.3 Å². The van der Waals surface area contributed by atoms with Gasteiger partial charge in [-0.15, -0.1) is 0 Å². The van der Waals surface area contributed by atoms with Crippen molar-refractivity contribution in [1.82, 2.24) is 15.2 Å². The quantitative estimate of drug-likeness (QED) is 0.460. The molecule has 0 spiro atoms. The maximum absolute atomic E-state index is 13.9. The van der Waals surface area contributed by atoms with E-state index in [1.165, 1.54) is 18.3 Å². The number of aliphatic hydroxyl groups is 1. The Morgan fingerprint density at radius 2 is 1.94 bits per heavy atom. The van der Waals surface area contributed by atoms with Crippen molar-refractivity contribution in [3.63, 3.8) is 0 Å². The third-order valence-corrected chi connectivity index (χ3v) is 6.54. The van der Waals surface area contributed by atoms with Crippen molar-refractivity contribution in [3.05, 3.63) is 59.4 Å². The molecule has 1 saturated heterocycles. The lowest BCUT2D eigenvalue weighted by atomic mass is 9.91. The highest BCUT2D eigenvalue weighted by molar-refractivity contribution is 5.91. The number of halogens is 2. The summed E-state index contributed by atoms with van der Waals surface area (Å²) < 4.78 is 33.2. The molecular weight excluding hydrogens is 468 g/mol. The smallest absolute Gasteiger partial charge is 0.226 e. The lowest BCUT2D eigenvalue weighted by Gasteiger charge is -2.26. The maximum atomic E-state index is 13.9. The molecule has 3 rings (SSSR count). The molecule has 1 aliphatic rings. The predicted molar refractivity (Wildman–Crippen MR) is 131 cm³/mol. The second kappa shape index (κ2) is 12.8. The van der Waals surface area contributed by atoms with Gasteiger partial charge >= 0.3 is 0 Å². The molecule has 1 aromatic heterocycles. The first-order chi connectivity index (χ1) is 17.3. The Bertz CT molecular complexity index is 1030. The largest absolute Gasteiger partial charge is 0.494 e. The number of carbonyl (C=O) groups excluding carboxylic acids is 2. The summed E-state index contributed by atoms with van der Waals surface area (Å²) >= 11 is 0. The monoisotopic (exact) mass is 503 g/mol. The zero-order chi connectivity index (χ0) is 26.2. The summed E-state index contributed by atoms with van der Waals surface area (Å²) in [5.41, 5.74) is 0.527. The number of nitrogens with zero attached hydrogens (tertiary/aromatic N) is 2. The van der Waals surface area contributed by atoms with Crippen LogP contribution in [-0.4, -0.2) is 52.5 Å². The minimum Gasteiger partial charge on any atom is -0.494 e. The van der Waals surface area contributed by atoms with Crippen LogP contribution in [0.15, 0.2) is 36.5 Å². The molecule has 196 valence electrons. The second-order valence-corrected chi connectivity index (χ2v) is 9.15. The van der Waals surface area contributed by atoms with Crippen LogP contribution >= 0.6 is 0 Å². The van der Waals surface area contributed by atoms with E-state index in [9.17, 15) is 23.5 Å². The molecule has 1 aliphatic heterocycles. The Hall–Kier alpha value is -3.07. The summed E-state index contributed by atoms with van der Waals surface area (Å²) in [5.74, 6) is -2.45. The summed E-state index contributed by atoms with van der Waals surface area (Å²) in [4.78, 5) is 32.2. The fraction of sp³-hybridized carbons (Fsp3) is 0.519. The first-order valence-electron chi connectivity index (χ1n) is 12.6. The molecular formula is C27H35F2N3O4. The number of benzene rings is 1. The van der Waals surface area contributed by atoms with Crippen LogP contribution in [0.1, 0.15) is 57.4 Å². The number of hydrogen-bond donors (Lipinski definition) is 2. The number of likely N-dealkylation sites (tertiary alicyclic amines) is 1. The Labute approximate surface area is 210 Å². The van der Waals surface area contributed by atoms with Gasteiger partial charge in [0.05, 0.1) is 30.2 Å². The van der Waals surface area contributed by atoms with Crippen molar-refractivity contribution < 1.29 is 28.2 Å². The van der Waals surface area contributed by atoms with E-state index >= 15 is 0 Å². The molecule has 1 aromatic carbocycles.